The van der Waals surface area contributed by atoms with Gasteiger partial charge in [0.05, 0.1) is 13.7 Å². The second kappa shape index (κ2) is 17.0. The van der Waals surface area contributed by atoms with Crippen LogP contribution in [0.2, 0.25) is 0 Å². The highest BCUT2D eigenvalue weighted by Crippen LogP contribution is 2.15. The molecule has 0 aromatic heterocycles. The number of nitrogens with zero attached hydrogens (tertiary/aromatic N) is 1. The fraction of sp³-hybridized carbons (Fsp3) is 0.462. The van der Waals surface area contributed by atoms with E-state index in [1.165, 1.54) is 27.6 Å². The van der Waals surface area contributed by atoms with Crippen LogP contribution in [0, 0.1) is 5.92 Å². The first-order valence-electron chi connectivity index (χ1n) is 11.9. The predicted octanol–water partition coefficient (Wildman–Crippen LogP) is 1.91. The zero-order valence-corrected chi connectivity index (χ0v) is 21.7. The van der Waals surface area contributed by atoms with Crippen LogP contribution in [0.3, 0.4) is 0 Å². The molecule has 0 aliphatic rings. The predicted molar refractivity (Wildman–Crippen MR) is 143 cm³/mol. The van der Waals surface area contributed by atoms with Crippen molar-refractivity contribution in [2.75, 3.05) is 13.7 Å². The summed E-state index contributed by atoms with van der Waals surface area (Å²) in [5.74, 6) is -0.683. The third-order valence-corrected chi connectivity index (χ3v) is 5.14. The fourth-order valence-electron chi connectivity index (χ4n) is 3.32. The van der Waals surface area contributed by atoms with Crippen molar-refractivity contribution in [3.05, 3.63) is 55.1 Å². The summed E-state index contributed by atoms with van der Waals surface area (Å²) >= 11 is 0. The molecule has 196 valence electrons. The first kappa shape index (κ1) is 30.5. The summed E-state index contributed by atoms with van der Waals surface area (Å²) in [6.07, 6.45) is 6.11. The Morgan fingerprint density at radius 2 is 1.72 bits per heavy atom. The number of amides is 2. The highest BCUT2D eigenvalue weighted by atomic mass is 16.5. The molecule has 0 saturated carbocycles. The van der Waals surface area contributed by atoms with Crippen LogP contribution in [-0.4, -0.2) is 64.1 Å². The smallest absolute Gasteiger partial charge is 0.328 e. The first-order chi connectivity index (χ1) is 17.2. The maximum atomic E-state index is 13.2. The van der Waals surface area contributed by atoms with Gasteiger partial charge in [-0.05, 0) is 42.9 Å². The second-order valence-electron chi connectivity index (χ2n) is 8.58. The first-order valence-corrected chi connectivity index (χ1v) is 11.9. The Balaban J connectivity index is 2.98. The Morgan fingerprint density at radius 1 is 1.06 bits per heavy atom. The molecule has 0 bridgehead atoms. The average Bonchev–Trinajstić information content (AvgIpc) is 2.86. The zero-order valence-electron chi connectivity index (χ0n) is 21.7. The number of benzene rings is 1. The molecule has 10 heteroatoms. The van der Waals surface area contributed by atoms with Crippen LogP contribution in [0.1, 0.15) is 38.7 Å². The maximum Gasteiger partial charge on any atom is 0.328 e. The SMILES string of the molecule is BOC=N[C@@H](Cc1ccc(OCCC=C)cc1)C(=O)N[C@@H](CC(C)C)C(=O)N[C@@H](CC=C)C(=O)OC. The van der Waals surface area contributed by atoms with E-state index in [0.717, 1.165) is 17.7 Å². The Labute approximate surface area is 214 Å². The summed E-state index contributed by atoms with van der Waals surface area (Å²) in [4.78, 5) is 42.4. The van der Waals surface area contributed by atoms with Gasteiger partial charge >= 0.3 is 14.0 Å². The molecule has 0 saturated heterocycles. The minimum absolute atomic E-state index is 0.103. The highest BCUT2D eigenvalue weighted by Gasteiger charge is 2.29. The number of esters is 1. The van der Waals surface area contributed by atoms with Crippen molar-refractivity contribution in [2.24, 2.45) is 10.9 Å². The van der Waals surface area contributed by atoms with Crippen molar-refractivity contribution in [1.29, 1.82) is 0 Å². The molecule has 0 aliphatic heterocycles. The molecule has 0 fully saturated rings. The Kier molecular flexibility index (Phi) is 14.4. The number of hydrogen-bond acceptors (Lipinski definition) is 7. The van der Waals surface area contributed by atoms with E-state index >= 15 is 0 Å². The standard InChI is InChI=1S/C26H38BN3O6/c1-6-8-14-35-20-12-10-19(11-13-20)16-22(28-17-36-27)24(31)30-23(15-18(3)4)25(32)29-21(9-7-2)26(33)34-5/h6-7,10-13,17-18,21-23H,1-2,8-9,14-16,27H2,3-5H3,(H,29,32)(H,30,31)/t21-,22-,23-/m0/s1. The lowest BCUT2D eigenvalue weighted by atomic mass is 10.0. The minimum Gasteiger partial charge on any atom is -0.560 e. The quantitative estimate of drug-likeness (QED) is 0.0845. The molecule has 0 unspecified atom stereocenters. The van der Waals surface area contributed by atoms with E-state index in [2.05, 4.69) is 28.8 Å². The molecular formula is C26H38BN3O6. The number of hydrogen-bond donors (Lipinski definition) is 2. The van der Waals surface area contributed by atoms with Crippen LogP contribution in [0.4, 0.5) is 0 Å². The lowest BCUT2D eigenvalue weighted by Crippen LogP contribution is -2.53. The number of carbonyl (C=O) groups excluding carboxylic acids is 3. The van der Waals surface area contributed by atoms with Crippen LogP contribution in [0.15, 0.2) is 54.6 Å². The van der Waals surface area contributed by atoms with Gasteiger partial charge < -0.3 is 24.8 Å². The molecule has 0 spiro atoms. The Bertz CT molecular complexity index is 888. The fourth-order valence-corrected chi connectivity index (χ4v) is 3.32. The average molecular weight is 499 g/mol. The van der Waals surface area contributed by atoms with Gasteiger partial charge in [0, 0.05) is 6.42 Å². The summed E-state index contributed by atoms with van der Waals surface area (Å²) in [5.41, 5.74) is 0.862. The molecule has 36 heavy (non-hydrogen) atoms. The van der Waals surface area contributed by atoms with Gasteiger partial charge in [0.25, 0.3) is 0 Å². The van der Waals surface area contributed by atoms with Crippen LogP contribution >= 0.6 is 0 Å². The van der Waals surface area contributed by atoms with E-state index in [9.17, 15) is 14.4 Å². The van der Waals surface area contributed by atoms with E-state index in [1.54, 1.807) is 6.08 Å². The number of nitrogens with one attached hydrogen (secondary N) is 2. The van der Waals surface area contributed by atoms with Gasteiger partial charge in [-0.1, -0.05) is 38.1 Å². The van der Waals surface area contributed by atoms with Crippen molar-refractivity contribution in [3.8, 4) is 5.75 Å². The van der Waals surface area contributed by atoms with Crippen LogP contribution < -0.4 is 15.4 Å². The molecular weight excluding hydrogens is 461 g/mol. The van der Waals surface area contributed by atoms with E-state index in [4.69, 9.17) is 14.1 Å². The summed E-state index contributed by atoms with van der Waals surface area (Å²) in [6, 6.07) is 4.80. The number of ether oxygens (including phenoxy) is 2. The van der Waals surface area contributed by atoms with Crippen molar-refractivity contribution < 1.29 is 28.5 Å². The molecule has 2 amide bonds. The molecule has 1 aromatic rings. The molecule has 3 atom stereocenters. The molecule has 2 N–H and O–H groups in total. The number of carbonyl (C=O) groups is 3. The molecule has 0 aliphatic carbocycles. The minimum atomic E-state index is -0.888. The summed E-state index contributed by atoms with van der Waals surface area (Å²) in [6.45, 7) is 11.7. The molecule has 1 rings (SSSR count). The maximum absolute atomic E-state index is 13.2. The number of aliphatic imine (C=N–C) groups is 1. The molecule has 0 radical (unpaired) electrons. The number of rotatable bonds is 17. The van der Waals surface area contributed by atoms with Crippen LogP contribution in [0.5, 0.6) is 5.75 Å². The van der Waals surface area contributed by atoms with Crippen molar-refractivity contribution in [2.45, 2.75) is 57.7 Å². The normalized spacial score (nSPS) is 13.3. The Hall–Kier alpha value is -3.56. The zero-order chi connectivity index (χ0) is 26.9. The van der Waals surface area contributed by atoms with Gasteiger partial charge in [-0.3, -0.25) is 9.59 Å². The van der Waals surface area contributed by atoms with Gasteiger partial charge in [-0.25, -0.2) is 9.79 Å². The summed E-state index contributed by atoms with van der Waals surface area (Å²) in [5, 5.41) is 5.45. The van der Waals surface area contributed by atoms with E-state index in [1.807, 2.05) is 38.1 Å². The third kappa shape index (κ3) is 11.2. The van der Waals surface area contributed by atoms with Crippen molar-refractivity contribution >= 4 is 32.2 Å². The van der Waals surface area contributed by atoms with Gasteiger partial charge in [0.2, 0.25) is 11.8 Å². The molecule has 9 nitrogen and oxygen atoms in total. The third-order valence-electron chi connectivity index (χ3n) is 5.14. The van der Waals surface area contributed by atoms with Crippen molar-refractivity contribution in [3.63, 3.8) is 0 Å². The van der Waals surface area contributed by atoms with E-state index in [-0.39, 0.29) is 18.8 Å². The summed E-state index contributed by atoms with van der Waals surface area (Å²) in [7, 11) is 2.69. The monoisotopic (exact) mass is 499 g/mol. The lowest BCUT2D eigenvalue weighted by molar-refractivity contribution is -0.145. The van der Waals surface area contributed by atoms with Gasteiger partial charge in [-0.15, -0.1) is 13.2 Å². The number of methoxy groups -OCH3 is 1. The highest BCUT2D eigenvalue weighted by molar-refractivity contribution is 6.02. The van der Waals surface area contributed by atoms with Crippen LogP contribution in [0.25, 0.3) is 0 Å². The second-order valence-corrected chi connectivity index (χ2v) is 8.58. The lowest BCUT2D eigenvalue weighted by Gasteiger charge is -2.24. The van der Waals surface area contributed by atoms with E-state index in [0.29, 0.717) is 13.0 Å². The molecule has 1 aromatic carbocycles. The van der Waals surface area contributed by atoms with Crippen molar-refractivity contribution in [1.82, 2.24) is 10.6 Å². The van der Waals surface area contributed by atoms with Gasteiger partial charge in [0.1, 0.15) is 23.9 Å². The molecule has 0 heterocycles. The largest absolute Gasteiger partial charge is 0.560 e. The topological polar surface area (TPSA) is 115 Å². The van der Waals surface area contributed by atoms with Gasteiger partial charge in [-0.2, -0.15) is 0 Å². The Morgan fingerprint density at radius 3 is 2.28 bits per heavy atom. The summed E-state index contributed by atoms with van der Waals surface area (Å²) < 4.78 is 15.3. The van der Waals surface area contributed by atoms with Crippen LogP contribution in [-0.2, 0) is 30.2 Å². The van der Waals surface area contributed by atoms with E-state index < -0.39 is 35.9 Å². The van der Waals surface area contributed by atoms with Gasteiger partial charge in [0.15, 0.2) is 6.40 Å².